The van der Waals surface area contributed by atoms with Crippen LogP contribution < -0.4 is 5.32 Å². The normalized spacial score (nSPS) is 22.2. The molecule has 10 heteroatoms. The first-order chi connectivity index (χ1) is 13.0. The van der Waals surface area contributed by atoms with E-state index in [9.17, 15) is 9.59 Å². The molecule has 1 spiro atoms. The van der Waals surface area contributed by atoms with Gasteiger partial charge in [-0.15, -0.1) is 0 Å². The molecule has 2 fully saturated rings. The number of likely N-dealkylation sites (tertiary alicyclic amines) is 1. The number of hydrogen-bond acceptors (Lipinski definition) is 7. The van der Waals surface area contributed by atoms with E-state index in [4.69, 9.17) is 9.26 Å². The quantitative estimate of drug-likeness (QED) is 0.863. The van der Waals surface area contributed by atoms with Gasteiger partial charge in [-0.2, -0.15) is 4.98 Å². The average Bonchev–Trinajstić information content (AvgIpc) is 3.25. The zero-order valence-corrected chi connectivity index (χ0v) is 14.9. The fourth-order valence-electron chi connectivity index (χ4n) is 3.48. The van der Waals surface area contributed by atoms with E-state index in [0.717, 1.165) is 18.4 Å². The SMILES string of the molecule is CN1CC2(CCCN(C(=O)NCc3nc(-c4cccnc4)no3)C2)OC1=O. The number of ether oxygens (including phenoxy) is 1. The third-order valence-corrected chi connectivity index (χ3v) is 4.75. The molecule has 2 aromatic heterocycles. The maximum absolute atomic E-state index is 12.5. The number of amides is 3. The van der Waals surface area contributed by atoms with Crippen LogP contribution in [-0.2, 0) is 11.3 Å². The number of nitrogens with zero attached hydrogens (tertiary/aromatic N) is 5. The van der Waals surface area contributed by atoms with Crippen molar-refractivity contribution in [1.29, 1.82) is 0 Å². The molecule has 1 atom stereocenters. The van der Waals surface area contributed by atoms with Gasteiger partial charge < -0.3 is 24.4 Å². The number of aromatic nitrogens is 3. The Balaban J connectivity index is 1.34. The monoisotopic (exact) mass is 372 g/mol. The van der Waals surface area contributed by atoms with Crippen molar-refractivity contribution in [3.8, 4) is 11.4 Å². The van der Waals surface area contributed by atoms with Crippen LogP contribution in [0.1, 0.15) is 18.7 Å². The van der Waals surface area contributed by atoms with E-state index in [0.29, 0.717) is 31.3 Å². The molecule has 2 aliphatic heterocycles. The highest BCUT2D eigenvalue weighted by Crippen LogP contribution is 2.31. The third-order valence-electron chi connectivity index (χ3n) is 4.75. The minimum atomic E-state index is -0.612. The van der Waals surface area contributed by atoms with E-state index in [1.807, 2.05) is 6.07 Å². The third kappa shape index (κ3) is 3.55. The van der Waals surface area contributed by atoms with Crippen molar-refractivity contribution in [3.63, 3.8) is 0 Å². The van der Waals surface area contributed by atoms with Crippen LogP contribution in [0.2, 0.25) is 0 Å². The van der Waals surface area contributed by atoms with Gasteiger partial charge >= 0.3 is 12.1 Å². The first-order valence-corrected chi connectivity index (χ1v) is 8.75. The number of carbonyl (C=O) groups is 2. The smallest absolute Gasteiger partial charge is 0.410 e. The molecule has 27 heavy (non-hydrogen) atoms. The Labute approximate surface area is 155 Å². The van der Waals surface area contributed by atoms with Gasteiger partial charge in [0.2, 0.25) is 11.7 Å². The number of carbonyl (C=O) groups excluding carboxylic acids is 2. The van der Waals surface area contributed by atoms with Crippen LogP contribution in [0.5, 0.6) is 0 Å². The number of rotatable bonds is 3. The maximum atomic E-state index is 12.5. The molecule has 1 N–H and O–H groups in total. The second-order valence-corrected chi connectivity index (χ2v) is 6.84. The molecule has 4 heterocycles. The molecule has 142 valence electrons. The van der Waals surface area contributed by atoms with Gasteiger partial charge in [0.25, 0.3) is 0 Å². The zero-order valence-electron chi connectivity index (χ0n) is 14.9. The van der Waals surface area contributed by atoms with E-state index in [1.165, 1.54) is 0 Å². The van der Waals surface area contributed by atoms with E-state index in [1.54, 1.807) is 35.3 Å². The van der Waals surface area contributed by atoms with Crippen LogP contribution in [0.4, 0.5) is 9.59 Å². The van der Waals surface area contributed by atoms with Crippen molar-refractivity contribution in [2.45, 2.75) is 25.0 Å². The van der Waals surface area contributed by atoms with Gasteiger partial charge in [-0.25, -0.2) is 9.59 Å². The van der Waals surface area contributed by atoms with Crippen molar-refractivity contribution in [2.75, 3.05) is 26.7 Å². The van der Waals surface area contributed by atoms with Crippen molar-refractivity contribution >= 4 is 12.1 Å². The molecule has 2 saturated heterocycles. The summed E-state index contributed by atoms with van der Waals surface area (Å²) in [5, 5.41) is 6.68. The largest absolute Gasteiger partial charge is 0.439 e. The number of urea groups is 1. The van der Waals surface area contributed by atoms with Gasteiger partial charge in [0.05, 0.1) is 19.6 Å². The molecule has 2 aliphatic rings. The number of pyridine rings is 1. The predicted molar refractivity (Wildman–Crippen MR) is 92.4 cm³/mol. The number of hydrogen-bond donors (Lipinski definition) is 1. The standard InChI is InChI=1S/C17H20N6O4/c1-22-10-17(26-16(22)25)5-3-7-23(11-17)15(24)19-9-13-20-14(21-27-13)12-4-2-6-18-8-12/h2,4,6,8H,3,5,7,9-11H2,1H3,(H,19,24). The van der Waals surface area contributed by atoms with Crippen LogP contribution in [0.15, 0.2) is 29.0 Å². The maximum Gasteiger partial charge on any atom is 0.410 e. The summed E-state index contributed by atoms with van der Waals surface area (Å²) in [5.74, 6) is 0.728. The first-order valence-electron chi connectivity index (χ1n) is 8.75. The highest BCUT2D eigenvalue weighted by atomic mass is 16.6. The van der Waals surface area contributed by atoms with Crippen LogP contribution in [0, 0.1) is 0 Å². The fraction of sp³-hybridized carbons (Fsp3) is 0.471. The summed E-state index contributed by atoms with van der Waals surface area (Å²) >= 11 is 0. The first kappa shape index (κ1) is 17.3. The van der Waals surface area contributed by atoms with Gasteiger partial charge in [-0.3, -0.25) is 4.98 Å². The summed E-state index contributed by atoms with van der Waals surface area (Å²) in [6.45, 7) is 1.60. The molecular weight excluding hydrogens is 352 g/mol. The minimum Gasteiger partial charge on any atom is -0.439 e. The van der Waals surface area contributed by atoms with Crippen molar-refractivity contribution in [3.05, 3.63) is 30.4 Å². The van der Waals surface area contributed by atoms with Gasteiger partial charge in [0, 0.05) is 31.5 Å². The van der Waals surface area contributed by atoms with Gasteiger partial charge in [-0.05, 0) is 25.0 Å². The lowest BCUT2D eigenvalue weighted by Gasteiger charge is -2.38. The van der Waals surface area contributed by atoms with E-state index >= 15 is 0 Å². The average molecular weight is 372 g/mol. The number of piperidine rings is 1. The summed E-state index contributed by atoms with van der Waals surface area (Å²) in [6, 6.07) is 3.36. The second kappa shape index (κ2) is 6.86. The van der Waals surface area contributed by atoms with Crippen molar-refractivity contribution < 1.29 is 18.8 Å². The summed E-state index contributed by atoms with van der Waals surface area (Å²) in [6.07, 6.45) is 4.49. The Morgan fingerprint density at radius 3 is 3.04 bits per heavy atom. The van der Waals surface area contributed by atoms with Gasteiger partial charge in [0.1, 0.15) is 5.60 Å². The van der Waals surface area contributed by atoms with Crippen LogP contribution in [-0.4, -0.2) is 69.3 Å². The molecule has 0 saturated carbocycles. The lowest BCUT2D eigenvalue weighted by atomic mass is 9.93. The Hall–Kier alpha value is -3.17. The second-order valence-electron chi connectivity index (χ2n) is 6.84. The Bertz CT molecular complexity index is 841. The molecule has 0 bridgehead atoms. The van der Waals surface area contributed by atoms with Gasteiger partial charge in [0.15, 0.2) is 0 Å². The van der Waals surface area contributed by atoms with Crippen LogP contribution >= 0.6 is 0 Å². The Kier molecular flexibility index (Phi) is 4.38. The summed E-state index contributed by atoms with van der Waals surface area (Å²) in [7, 11) is 1.70. The Morgan fingerprint density at radius 2 is 2.30 bits per heavy atom. The highest BCUT2D eigenvalue weighted by molar-refractivity contribution is 5.75. The molecule has 10 nitrogen and oxygen atoms in total. The van der Waals surface area contributed by atoms with Crippen LogP contribution in [0.3, 0.4) is 0 Å². The lowest BCUT2D eigenvalue weighted by Crippen LogP contribution is -2.54. The number of nitrogens with one attached hydrogen (secondary N) is 1. The van der Waals surface area contributed by atoms with E-state index in [-0.39, 0.29) is 18.7 Å². The fourth-order valence-corrected chi connectivity index (χ4v) is 3.48. The topological polar surface area (TPSA) is 114 Å². The minimum absolute atomic E-state index is 0.120. The molecule has 0 aliphatic carbocycles. The van der Waals surface area contributed by atoms with Crippen molar-refractivity contribution in [1.82, 2.24) is 30.2 Å². The Morgan fingerprint density at radius 1 is 1.41 bits per heavy atom. The summed E-state index contributed by atoms with van der Waals surface area (Å²) in [5.41, 5.74) is 0.128. The van der Waals surface area contributed by atoms with E-state index < -0.39 is 5.60 Å². The number of likely N-dealkylation sites (N-methyl/N-ethyl adjacent to an activating group) is 1. The molecule has 0 radical (unpaired) electrons. The van der Waals surface area contributed by atoms with E-state index in [2.05, 4.69) is 20.4 Å². The molecule has 1 unspecified atom stereocenters. The molecule has 3 amide bonds. The van der Waals surface area contributed by atoms with Crippen molar-refractivity contribution in [2.24, 2.45) is 0 Å². The molecular formula is C17H20N6O4. The highest BCUT2D eigenvalue weighted by Gasteiger charge is 2.47. The predicted octanol–water partition coefficient (Wildman–Crippen LogP) is 1.26. The summed E-state index contributed by atoms with van der Waals surface area (Å²) in [4.78, 5) is 35.7. The summed E-state index contributed by atoms with van der Waals surface area (Å²) < 4.78 is 10.7. The van der Waals surface area contributed by atoms with Gasteiger partial charge in [-0.1, -0.05) is 5.16 Å². The van der Waals surface area contributed by atoms with Crippen LogP contribution in [0.25, 0.3) is 11.4 Å². The zero-order chi connectivity index (χ0) is 18.9. The molecule has 4 rings (SSSR count). The molecule has 2 aromatic rings. The lowest BCUT2D eigenvalue weighted by molar-refractivity contribution is 0.00311. The molecule has 0 aromatic carbocycles.